The summed E-state index contributed by atoms with van der Waals surface area (Å²) in [5, 5.41) is 9.22. The van der Waals surface area contributed by atoms with Gasteiger partial charge in [-0.2, -0.15) is 4.98 Å². The largest absolute Gasteiger partial charge is 0.337 e. The lowest BCUT2D eigenvalue weighted by Crippen LogP contribution is -2.34. The summed E-state index contributed by atoms with van der Waals surface area (Å²) in [5.41, 5.74) is 2.41. The van der Waals surface area contributed by atoms with E-state index >= 15 is 0 Å². The highest BCUT2D eigenvalue weighted by Crippen LogP contribution is 2.13. The van der Waals surface area contributed by atoms with Crippen LogP contribution in [0.25, 0.3) is 0 Å². The average Bonchev–Trinajstić information content (AvgIpc) is 2.89. The Labute approximate surface area is 130 Å². The van der Waals surface area contributed by atoms with Crippen LogP contribution in [0.2, 0.25) is 0 Å². The molecular weight excluding hydrogens is 280 g/mol. The van der Waals surface area contributed by atoms with Gasteiger partial charge in [0.15, 0.2) is 5.82 Å². The molecule has 0 radical (unpaired) electrons. The smallest absolute Gasteiger partial charge is 0.315 e. The molecule has 0 unspecified atom stereocenters. The Balaban J connectivity index is 1.83. The second kappa shape index (κ2) is 7.59. The van der Waals surface area contributed by atoms with Gasteiger partial charge >= 0.3 is 6.03 Å². The van der Waals surface area contributed by atoms with Crippen molar-refractivity contribution in [3.63, 3.8) is 0 Å². The van der Waals surface area contributed by atoms with Gasteiger partial charge in [0.25, 0.3) is 0 Å². The lowest BCUT2D eigenvalue weighted by Gasteiger charge is -2.12. The van der Waals surface area contributed by atoms with E-state index in [0.29, 0.717) is 24.2 Å². The second-order valence-electron chi connectivity index (χ2n) is 5.64. The molecule has 2 aromatic rings. The highest BCUT2D eigenvalue weighted by atomic mass is 16.5. The number of carbonyl (C=O) groups is 1. The first kappa shape index (κ1) is 16.0. The molecule has 2 N–H and O–H groups in total. The van der Waals surface area contributed by atoms with Crippen LogP contribution in [0.1, 0.15) is 36.7 Å². The third-order valence-electron chi connectivity index (χ3n) is 3.16. The number of benzene rings is 1. The molecule has 22 heavy (non-hydrogen) atoms. The van der Waals surface area contributed by atoms with Gasteiger partial charge in [0.2, 0.25) is 5.89 Å². The summed E-state index contributed by atoms with van der Waals surface area (Å²) in [6.07, 6.45) is 1.00. The molecule has 0 aliphatic heterocycles. The van der Waals surface area contributed by atoms with Crippen LogP contribution >= 0.6 is 0 Å². The molecule has 1 heterocycles. The highest BCUT2D eigenvalue weighted by molar-refractivity contribution is 5.73. The Bertz CT molecular complexity index is 622. The summed E-state index contributed by atoms with van der Waals surface area (Å²) >= 11 is 0. The molecule has 0 saturated carbocycles. The number of nitrogens with one attached hydrogen (secondary N) is 2. The van der Waals surface area contributed by atoms with Crippen molar-refractivity contribution >= 4 is 6.03 Å². The van der Waals surface area contributed by atoms with Gasteiger partial charge in [-0.1, -0.05) is 43.3 Å². The monoisotopic (exact) mass is 302 g/mol. The van der Waals surface area contributed by atoms with Gasteiger partial charge in [-0.25, -0.2) is 4.79 Å². The third kappa shape index (κ3) is 4.87. The van der Waals surface area contributed by atoms with Gasteiger partial charge in [0.1, 0.15) is 0 Å². The van der Waals surface area contributed by atoms with Crippen LogP contribution in [0.3, 0.4) is 0 Å². The number of hydrogen-bond acceptors (Lipinski definition) is 4. The summed E-state index contributed by atoms with van der Waals surface area (Å²) in [5.74, 6) is 1.53. The summed E-state index contributed by atoms with van der Waals surface area (Å²) in [4.78, 5) is 15.8. The SMILES string of the molecule is Cc1noc(CNC(=O)NCc2ccccc2CC(C)C)n1. The van der Waals surface area contributed by atoms with Crippen molar-refractivity contribution in [2.24, 2.45) is 5.92 Å². The fourth-order valence-electron chi connectivity index (χ4n) is 2.17. The molecule has 1 aromatic heterocycles. The number of nitrogens with zero attached hydrogens (tertiary/aromatic N) is 2. The number of amides is 2. The van der Waals surface area contributed by atoms with E-state index in [2.05, 4.69) is 40.7 Å². The Morgan fingerprint density at radius 1 is 1.18 bits per heavy atom. The summed E-state index contributed by atoms with van der Waals surface area (Å²) < 4.78 is 4.94. The van der Waals surface area contributed by atoms with E-state index in [0.717, 1.165) is 12.0 Å². The van der Waals surface area contributed by atoms with E-state index in [9.17, 15) is 4.79 Å². The normalized spacial score (nSPS) is 10.7. The highest BCUT2D eigenvalue weighted by Gasteiger charge is 2.08. The molecule has 0 atom stereocenters. The molecule has 118 valence electrons. The quantitative estimate of drug-likeness (QED) is 0.859. The van der Waals surface area contributed by atoms with Crippen molar-refractivity contribution in [3.05, 3.63) is 47.1 Å². The van der Waals surface area contributed by atoms with Crippen LogP contribution in [0.4, 0.5) is 4.79 Å². The predicted molar refractivity (Wildman–Crippen MR) is 83.1 cm³/mol. The number of carbonyl (C=O) groups excluding carboxylic acids is 1. The number of hydrogen-bond donors (Lipinski definition) is 2. The first-order chi connectivity index (χ1) is 10.5. The fourth-order valence-corrected chi connectivity index (χ4v) is 2.17. The van der Waals surface area contributed by atoms with Crippen molar-refractivity contribution in [1.29, 1.82) is 0 Å². The van der Waals surface area contributed by atoms with E-state index in [1.165, 1.54) is 5.56 Å². The maximum atomic E-state index is 11.8. The molecular formula is C16H22N4O2. The van der Waals surface area contributed by atoms with Gasteiger partial charge in [0.05, 0.1) is 6.54 Å². The van der Waals surface area contributed by atoms with Crippen LogP contribution in [-0.4, -0.2) is 16.2 Å². The summed E-state index contributed by atoms with van der Waals surface area (Å²) in [6, 6.07) is 7.91. The molecule has 0 aliphatic rings. The van der Waals surface area contributed by atoms with Gasteiger partial charge in [-0.3, -0.25) is 0 Å². The molecule has 0 spiro atoms. The Morgan fingerprint density at radius 2 is 1.86 bits per heavy atom. The molecule has 6 heteroatoms. The summed E-state index contributed by atoms with van der Waals surface area (Å²) in [7, 11) is 0. The van der Waals surface area contributed by atoms with Gasteiger partial charge in [-0.05, 0) is 30.4 Å². The maximum absolute atomic E-state index is 11.8. The first-order valence-corrected chi connectivity index (χ1v) is 7.42. The zero-order valence-electron chi connectivity index (χ0n) is 13.2. The maximum Gasteiger partial charge on any atom is 0.315 e. The Hall–Kier alpha value is -2.37. The third-order valence-corrected chi connectivity index (χ3v) is 3.16. The number of urea groups is 1. The minimum absolute atomic E-state index is 0.223. The lowest BCUT2D eigenvalue weighted by molar-refractivity contribution is 0.238. The zero-order chi connectivity index (χ0) is 15.9. The molecule has 0 saturated heterocycles. The fraction of sp³-hybridized carbons (Fsp3) is 0.438. The van der Waals surface area contributed by atoms with Crippen LogP contribution in [0.5, 0.6) is 0 Å². The van der Waals surface area contributed by atoms with Crippen LogP contribution in [0, 0.1) is 12.8 Å². The van der Waals surface area contributed by atoms with Gasteiger partial charge in [0, 0.05) is 6.54 Å². The summed E-state index contributed by atoms with van der Waals surface area (Å²) in [6.45, 7) is 6.82. The molecule has 2 rings (SSSR count). The first-order valence-electron chi connectivity index (χ1n) is 7.42. The van der Waals surface area contributed by atoms with Crippen molar-refractivity contribution in [1.82, 2.24) is 20.8 Å². The topological polar surface area (TPSA) is 80.0 Å². The van der Waals surface area contributed by atoms with Crippen molar-refractivity contribution < 1.29 is 9.32 Å². The van der Waals surface area contributed by atoms with E-state index in [4.69, 9.17) is 4.52 Å². The lowest BCUT2D eigenvalue weighted by atomic mass is 9.98. The second-order valence-corrected chi connectivity index (χ2v) is 5.64. The molecule has 1 aromatic carbocycles. The van der Waals surface area contributed by atoms with E-state index in [-0.39, 0.29) is 12.6 Å². The van der Waals surface area contributed by atoms with Crippen LogP contribution < -0.4 is 10.6 Å². The minimum Gasteiger partial charge on any atom is -0.337 e. The standard InChI is InChI=1S/C16H22N4O2/c1-11(2)8-13-6-4-5-7-14(13)9-17-16(21)18-10-15-19-12(3)20-22-15/h4-7,11H,8-10H2,1-3H3,(H2,17,18,21). The Kier molecular flexibility index (Phi) is 5.52. The molecule has 2 amide bonds. The minimum atomic E-state index is -0.254. The molecule has 0 bridgehead atoms. The van der Waals surface area contributed by atoms with Crippen LogP contribution in [-0.2, 0) is 19.5 Å². The number of aromatic nitrogens is 2. The number of aryl methyl sites for hydroxylation is 1. The van der Waals surface area contributed by atoms with Crippen molar-refractivity contribution in [2.45, 2.75) is 40.3 Å². The van der Waals surface area contributed by atoms with Crippen molar-refractivity contribution in [2.75, 3.05) is 0 Å². The molecule has 6 nitrogen and oxygen atoms in total. The van der Waals surface area contributed by atoms with Gasteiger partial charge in [-0.15, -0.1) is 0 Å². The zero-order valence-corrected chi connectivity index (χ0v) is 13.2. The Morgan fingerprint density at radius 3 is 2.50 bits per heavy atom. The predicted octanol–water partition coefficient (Wildman–Crippen LogP) is 2.58. The van der Waals surface area contributed by atoms with E-state index in [1.807, 2.05) is 18.2 Å². The van der Waals surface area contributed by atoms with E-state index < -0.39 is 0 Å². The van der Waals surface area contributed by atoms with E-state index in [1.54, 1.807) is 6.92 Å². The number of rotatable bonds is 6. The molecule has 0 aliphatic carbocycles. The van der Waals surface area contributed by atoms with Crippen LogP contribution in [0.15, 0.2) is 28.8 Å². The van der Waals surface area contributed by atoms with Crippen molar-refractivity contribution in [3.8, 4) is 0 Å². The van der Waals surface area contributed by atoms with Gasteiger partial charge < -0.3 is 15.2 Å². The average molecular weight is 302 g/mol. The molecule has 0 fully saturated rings.